The maximum atomic E-state index is 12.6. The van der Waals surface area contributed by atoms with Crippen molar-refractivity contribution >= 4 is 28.8 Å². The molecule has 148 valence electrons. The highest BCUT2D eigenvalue weighted by molar-refractivity contribution is 7.13. The highest BCUT2D eigenvalue weighted by atomic mass is 35.5. The van der Waals surface area contributed by atoms with Gasteiger partial charge in [-0.1, -0.05) is 42.3 Å². The van der Waals surface area contributed by atoms with Crippen LogP contribution < -0.4 is 5.32 Å². The maximum Gasteiger partial charge on any atom is 0.282 e. The molecule has 9 heteroatoms. The average molecular weight is 419 g/mol. The lowest BCUT2D eigenvalue weighted by Crippen LogP contribution is -2.40. The number of unbranched alkanes of at least 4 members (excludes halogenated alkanes) is 1. The molecule has 1 amide bonds. The predicted octanol–water partition coefficient (Wildman–Crippen LogP) is 3.40. The van der Waals surface area contributed by atoms with E-state index < -0.39 is 5.41 Å². The SMILES string of the molecule is CCCCc1nnc(C(=O)NCC(C)(c2cnn(C)c2)c2cccc(Cl)n2)s1. The van der Waals surface area contributed by atoms with E-state index in [-0.39, 0.29) is 5.91 Å². The Kier molecular flexibility index (Phi) is 6.41. The first-order chi connectivity index (χ1) is 13.4. The highest BCUT2D eigenvalue weighted by Gasteiger charge is 2.33. The minimum Gasteiger partial charge on any atom is -0.349 e. The summed E-state index contributed by atoms with van der Waals surface area (Å²) in [7, 11) is 1.85. The van der Waals surface area contributed by atoms with Crippen molar-refractivity contribution in [1.82, 2.24) is 30.3 Å². The van der Waals surface area contributed by atoms with Crippen LogP contribution >= 0.6 is 22.9 Å². The van der Waals surface area contributed by atoms with Gasteiger partial charge in [0.05, 0.1) is 17.3 Å². The van der Waals surface area contributed by atoms with E-state index in [4.69, 9.17) is 11.6 Å². The minimum absolute atomic E-state index is 0.239. The van der Waals surface area contributed by atoms with E-state index >= 15 is 0 Å². The molecular weight excluding hydrogens is 396 g/mol. The van der Waals surface area contributed by atoms with Gasteiger partial charge in [-0.05, 0) is 25.5 Å². The van der Waals surface area contributed by atoms with Crippen molar-refractivity contribution in [2.24, 2.45) is 7.05 Å². The number of hydrogen-bond donors (Lipinski definition) is 1. The van der Waals surface area contributed by atoms with Gasteiger partial charge in [-0.25, -0.2) is 4.98 Å². The molecule has 0 saturated carbocycles. The summed E-state index contributed by atoms with van der Waals surface area (Å²) in [4.78, 5) is 17.1. The molecule has 3 aromatic rings. The van der Waals surface area contributed by atoms with Crippen LogP contribution in [-0.2, 0) is 18.9 Å². The van der Waals surface area contributed by atoms with Crippen molar-refractivity contribution in [3.63, 3.8) is 0 Å². The van der Waals surface area contributed by atoms with Gasteiger partial charge in [-0.2, -0.15) is 5.10 Å². The van der Waals surface area contributed by atoms with E-state index in [9.17, 15) is 4.79 Å². The Labute approximate surface area is 173 Å². The topological polar surface area (TPSA) is 85.6 Å². The van der Waals surface area contributed by atoms with Crippen LogP contribution in [0.2, 0.25) is 5.15 Å². The third-order valence-electron chi connectivity index (χ3n) is 4.63. The lowest BCUT2D eigenvalue weighted by molar-refractivity contribution is 0.0946. The largest absolute Gasteiger partial charge is 0.349 e. The Hall–Kier alpha value is -2.32. The van der Waals surface area contributed by atoms with Crippen LogP contribution in [0.5, 0.6) is 0 Å². The van der Waals surface area contributed by atoms with Gasteiger partial charge in [0.25, 0.3) is 5.91 Å². The first-order valence-corrected chi connectivity index (χ1v) is 10.3. The van der Waals surface area contributed by atoms with E-state index in [1.165, 1.54) is 11.3 Å². The maximum absolute atomic E-state index is 12.6. The second kappa shape index (κ2) is 8.79. The molecule has 0 fully saturated rings. The standard InChI is InChI=1S/C19H23ClN6OS/c1-4-5-9-16-24-25-18(28-16)17(27)21-12-19(2,13-10-22-26(3)11-13)14-7-6-8-15(20)23-14/h6-8,10-11H,4-5,9,12H2,1-3H3,(H,21,27). The third kappa shape index (κ3) is 4.56. The van der Waals surface area contributed by atoms with Crippen molar-refractivity contribution in [2.45, 2.75) is 38.5 Å². The second-order valence-corrected chi connectivity index (χ2v) is 8.32. The van der Waals surface area contributed by atoms with Gasteiger partial charge in [0.1, 0.15) is 10.2 Å². The zero-order chi connectivity index (χ0) is 20.1. The van der Waals surface area contributed by atoms with Gasteiger partial charge in [0.2, 0.25) is 5.01 Å². The monoisotopic (exact) mass is 418 g/mol. The van der Waals surface area contributed by atoms with Gasteiger partial charge >= 0.3 is 0 Å². The van der Waals surface area contributed by atoms with Crippen LogP contribution in [0.15, 0.2) is 30.6 Å². The summed E-state index contributed by atoms with van der Waals surface area (Å²) in [6.45, 7) is 4.46. The Morgan fingerprint density at radius 2 is 2.18 bits per heavy atom. The molecule has 0 bridgehead atoms. The zero-order valence-corrected chi connectivity index (χ0v) is 17.7. The first kappa shape index (κ1) is 20.4. The number of hydrogen-bond acceptors (Lipinski definition) is 6. The molecule has 0 aliphatic heterocycles. The fraction of sp³-hybridized carbons (Fsp3) is 0.421. The summed E-state index contributed by atoms with van der Waals surface area (Å²) in [6, 6.07) is 5.48. The molecule has 3 aromatic heterocycles. The summed E-state index contributed by atoms with van der Waals surface area (Å²) >= 11 is 7.45. The van der Waals surface area contributed by atoms with E-state index in [1.54, 1.807) is 16.9 Å². The van der Waals surface area contributed by atoms with Gasteiger partial charge in [0.15, 0.2) is 0 Å². The highest BCUT2D eigenvalue weighted by Crippen LogP contribution is 2.30. The molecule has 0 radical (unpaired) electrons. The van der Waals surface area contributed by atoms with E-state index in [0.29, 0.717) is 16.7 Å². The molecule has 3 heterocycles. The molecule has 7 nitrogen and oxygen atoms in total. The van der Waals surface area contributed by atoms with Gasteiger partial charge < -0.3 is 5.32 Å². The van der Waals surface area contributed by atoms with E-state index in [1.807, 2.05) is 32.3 Å². The second-order valence-electron chi connectivity index (χ2n) is 6.87. The first-order valence-electron chi connectivity index (χ1n) is 9.15. The van der Waals surface area contributed by atoms with Crippen LogP contribution in [-0.4, -0.2) is 37.4 Å². The summed E-state index contributed by atoms with van der Waals surface area (Å²) in [5, 5.41) is 17.1. The Balaban J connectivity index is 1.80. The molecule has 1 unspecified atom stereocenters. The van der Waals surface area contributed by atoms with Crippen LogP contribution in [0.1, 0.15) is 52.8 Å². The Bertz CT molecular complexity index is 955. The van der Waals surface area contributed by atoms with Crippen LogP contribution in [0.4, 0.5) is 0 Å². The number of nitrogens with zero attached hydrogens (tertiary/aromatic N) is 5. The number of carbonyl (C=O) groups excluding carboxylic acids is 1. The normalized spacial score (nSPS) is 13.3. The van der Waals surface area contributed by atoms with Crippen molar-refractivity contribution in [3.8, 4) is 0 Å². The number of pyridine rings is 1. The molecule has 0 spiro atoms. The number of rotatable bonds is 8. The molecule has 1 atom stereocenters. The van der Waals surface area contributed by atoms with E-state index in [0.717, 1.165) is 35.5 Å². The number of nitrogens with one attached hydrogen (secondary N) is 1. The summed E-state index contributed by atoms with van der Waals surface area (Å²) in [5.74, 6) is -0.239. The molecule has 3 rings (SSSR count). The lowest BCUT2D eigenvalue weighted by Gasteiger charge is -2.28. The third-order valence-corrected chi connectivity index (χ3v) is 5.82. The number of carbonyl (C=O) groups is 1. The Morgan fingerprint density at radius 3 is 2.86 bits per heavy atom. The van der Waals surface area contributed by atoms with Crippen molar-refractivity contribution < 1.29 is 4.79 Å². The van der Waals surface area contributed by atoms with Crippen molar-refractivity contribution in [3.05, 3.63) is 57.0 Å². The molecule has 0 aromatic carbocycles. The number of halogens is 1. The smallest absolute Gasteiger partial charge is 0.282 e. The molecule has 0 saturated heterocycles. The minimum atomic E-state index is -0.593. The fourth-order valence-corrected chi connectivity index (χ4v) is 3.83. The Morgan fingerprint density at radius 1 is 1.36 bits per heavy atom. The van der Waals surface area contributed by atoms with Crippen LogP contribution in [0, 0.1) is 0 Å². The van der Waals surface area contributed by atoms with Crippen molar-refractivity contribution in [1.29, 1.82) is 0 Å². The molecule has 1 N–H and O–H groups in total. The van der Waals surface area contributed by atoms with E-state index in [2.05, 4.69) is 32.5 Å². The van der Waals surface area contributed by atoms with Gasteiger partial charge in [0, 0.05) is 31.8 Å². The van der Waals surface area contributed by atoms with Crippen LogP contribution in [0.25, 0.3) is 0 Å². The summed E-state index contributed by atoms with van der Waals surface area (Å²) < 4.78 is 1.73. The van der Waals surface area contributed by atoms with Gasteiger partial charge in [-0.15, -0.1) is 10.2 Å². The number of aryl methyl sites for hydroxylation is 2. The summed E-state index contributed by atoms with van der Waals surface area (Å²) in [5.41, 5.74) is 1.10. The van der Waals surface area contributed by atoms with Gasteiger partial charge in [-0.3, -0.25) is 9.48 Å². The predicted molar refractivity (Wildman–Crippen MR) is 110 cm³/mol. The average Bonchev–Trinajstić information content (AvgIpc) is 3.33. The number of aromatic nitrogens is 5. The molecule has 28 heavy (non-hydrogen) atoms. The molecule has 0 aliphatic carbocycles. The quantitative estimate of drug-likeness (QED) is 0.566. The number of amides is 1. The van der Waals surface area contributed by atoms with Crippen LogP contribution in [0.3, 0.4) is 0 Å². The molecule has 0 aliphatic rings. The summed E-state index contributed by atoms with van der Waals surface area (Å²) in [6.07, 6.45) is 6.67. The fourth-order valence-electron chi connectivity index (χ4n) is 2.87. The zero-order valence-electron chi connectivity index (χ0n) is 16.1. The lowest BCUT2D eigenvalue weighted by atomic mass is 9.80. The van der Waals surface area contributed by atoms with Crippen molar-refractivity contribution in [2.75, 3.05) is 6.54 Å². The molecular formula is C19H23ClN6OS.